The van der Waals surface area contributed by atoms with Crippen LogP contribution in [0.3, 0.4) is 0 Å². The average molecular weight is 171 g/mol. The van der Waals surface area contributed by atoms with Gasteiger partial charge in [0.2, 0.25) is 5.91 Å². The summed E-state index contributed by atoms with van der Waals surface area (Å²) in [5.41, 5.74) is 0. The van der Waals surface area contributed by atoms with E-state index in [2.05, 4.69) is 19.2 Å². The summed E-state index contributed by atoms with van der Waals surface area (Å²) < 4.78 is 0. The lowest BCUT2D eigenvalue weighted by molar-refractivity contribution is -0.124. The molecular weight excluding hydrogens is 150 g/mol. The lowest BCUT2D eigenvalue weighted by Crippen LogP contribution is -2.32. The highest BCUT2D eigenvalue weighted by atomic mass is 16.1. The standard InChI is InChI=1S/C10H21NO/c1-5-8(3)7-11-10(12)9(4)6-2/h8-9H,5-7H2,1-4H3,(H,11,12). The maximum Gasteiger partial charge on any atom is 0.222 e. The predicted octanol–water partition coefficient (Wildman–Crippen LogP) is 2.19. The molecule has 2 nitrogen and oxygen atoms in total. The summed E-state index contributed by atoms with van der Waals surface area (Å²) in [6.07, 6.45) is 2.05. The van der Waals surface area contributed by atoms with E-state index < -0.39 is 0 Å². The van der Waals surface area contributed by atoms with Crippen LogP contribution in [0, 0.1) is 11.8 Å². The number of hydrogen-bond acceptors (Lipinski definition) is 1. The smallest absolute Gasteiger partial charge is 0.222 e. The Bertz CT molecular complexity index is 134. The fourth-order valence-electron chi connectivity index (χ4n) is 0.779. The Kier molecular flexibility index (Phi) is 5.77. The van der Waals surface area contributed by atoms with Crippen LogP contribution in [0.4, 0.5) is 0 Å². The number of rotatable bonds is 5. The molecule has 1 amide bonds. The molecule has 0 heterocycles. The van der Waals surface area contributed by atoms with E-state index >= 15 is 0 Å². The fraction of sp³-hybridized carbons (Fsp3) is 0.900. The summed E-state index contributed by atoms with van der Waals surface area (Å²) >= 11 is 0. The van der Waals surface area contributed by atoms with E-state index in [-0.39, 0.29) is 11.8 Å². The van der Waals surface area contributed by atoms with Crippen molar-refractivity contribution in [1.82, 2.24) is 5.32 Å². The Balaban J connectivity index is 3.56. The first-order valence-electron chi connectivity index (χ1n) is 4.89. The number of carbonyl (C=O) groups is 1. The second kappa shape index (κ2) is 6.04. The molecule has 0 fully saturated rings. The van der Waals surface area contributed by atoms with Gasteiger partial charge in [0.05, 0.1) is 0 Å². The molecular formula is C10H21NO. The first-order chi connectivity index (χ1) is 5.61. The van der Waals surface area contributed by atoms with Crippen LogP contribution in [-0.4, -0.2) is 12.5 Å². The van der Waals surface area contributed by atoms with Gasteiger partial charge in [-0.15, -0.1) is 0 Å². The van der Waals surface area contributed by atoms with E-state index in [4.69, 9.17) is 0 Å². The van der Waals surface area contributed by atoms with Crippen LogP contribution < -0.4 is 5.32 Å². The molecule has 0 rings (SSSR count). The van der Waals surface area contributed by atoms with Crippen LogP contribution in [0.1, 0.15) is 40.5 Å². The van der Waals surface area contributed by atoms with Gasteiger partial charge in [-0.2, -0.15) is 0 Å². The highest BCUT2D eigenvalue weighted by Crippen LogP contribution is 2.02. The molecule has 0 aromatic carbocycles. The third-order valence-electron chi connectivity index (χ3n) is 2.38. The monoisotopic (exact) mass is 171 g/mol. The molecule has 0 aliphatic carbocycles. The van der Waals surface area contributed by atoms with Crippen molar-refractivity contribution in [1.29, 1.82) is 0 Å². The highest BCUT2D eigenvalue weighted by Gasteiger charge is 2.10. The van der Waals surface area contributed by atoms with E-state index in [1.807, 2.05) is 13.8 Å². The fourth-order valence-corrected chi connectivity index (χ4v) is 0.779. The van der Waals surface area contributed by atoms with Gasteiger partial charge in [-0.25, -0.2) is 0 Å². The van der Waals surface area contributed by atoms with Gasteiger partial charge >= 0.3 is 0 Å². The van der Waals surface area contributed by atoms with Crippen molar-refractivity contribution in [2.45, 2.75) is 40.5 Å². The highest BCUT2D eigenvalue weighted by molar-refractivity contribution is 5.78. The molecule has 0 spiro atoms. The summed E-state index contributed by atoms with van der Waals surface area (Å²) in [5, 5.41) is 2.95. The Hall–Kier alpha value is -0.530. The zero-order valence-corrected chi connectivity index (χ0v) is 8.68. The van der Waals surface area contributed by atoms with Crippen LogP contribution in [-0.2, 0) is 4.79 Å². The van der Waals surface area contributed by atoms with E-state index in [1.54, 1.807) is 0 Å². The lowest BCUT2D eigenvalue weighted by atomic mass is 10.1. The van der Waals surface area contributed by atoms with E-state index in [0.717, 1.165) is 19.4 Å². The van der Waals surface area contributed by atoms with Crippen molar-refractivity contribution in [2.75, 3.05) is 6.54 Å². The molecule has 0 bridgehead atoms. The summed E-state index contributed by atoms with van der Waals surface area (Å²) in [7, 11) is 0. The number of amides is 1. The molecule has 72 valence electrons. The zero-order chi connectivity index (χ0) is 9.56. The summed E-state index contributed by atoms with van der Waals surface area (Å²) in [6.45, 7) is 9.11. The van der Waals surface area contributed by atoms with Gasteiger partial charge in [0.1, 0.15) is 0 Å². The predicted molar refractivity (Wildman–Crippen MR) is 51.9 cm³/mol. The van der Waals surface area contributed by atoms with E-state index in [0.29, 0.717) is 5.92 Å². The van der Waals surface area contributed by atoms with Gasteiger partial charge in [0.25, 0.3) is 0 Å². The van der Waals surface area contributed by atoms with Gasteiger partial charge in [-0.1, -0.05) is 34.1 Å². The minimum absolute atomic E-state index is 0.161. The topological polar surface area (TPSA) is 29.1 Å². The van der Waals surface area contributed by atoms with Crippen molar-refractivity contribution < 1.29 is 4.79 Å². The molecule has 2 atom stereocenters. The van der Waals surface area contributed by atoms with Crippen molar-refractivity contribution in [3.8, 4) is 0 Å². The molecule has 0 radical (unpaired) electrons. The Morgan fingerprint density at radius 3 is 2.25 bits per heavy atom. The molecule has 1 N–H and O–H groups in total. The Morgan fingerprint density at radius 2 is 1.83 bits per heavy atom. The number of nitrogens with one attached hydrogen (secondary N) is 1. The molecule has 2 unspecified atom stereocenters. The molecule has 0 saturated carbocycles. The van der Waals surface area contributed by atoms with Gasteiger partial charge in [0, 0.05) is 12.5 Å². The van der Waals surface area contributed by atoms with Crippen molar-refractivity contribution >= 4 is 5.91 Å². The number of carbonyl (C=O) groups excluding carboxylic acids is 1. The normalized spacial score (nSPS) is 15.3. The van der Waals surface area contributed by atoms with Crippen molar-refractivity contribution in [3.05, 3.63) is 0 Å². The Labute approximate surface area is 75.7 Å². The van der Waals surface area contributed by atoms with Crippen molar-refractivity contribution in [3.63, 3.8) is 0 Å². The largest absolute Gasteiger partial charge is 0.356 e. The third kappa shape index (κ3) is 4.37. The van der Waals surface area contributed by atoms with E-state index in [9.17, 15) is 4.79 Å². The molecule has 0 saturated heterocycles. The lowest BCUT2D eigenvalue weighted by Gasteiger charge is -2.13. The van der Waals surface area contributed by atoms with Crippen LogP contribution in [0.25, 0.3) is 0 Å². The summed E-state index contributed by atoms with van der Waals surface area (Å²) in [4.78, 5) is 11.3. The molecule has 0 aliphatic heterocycles. The molecule has 0 aromatic heterocycles. The minimum atomic E-state index is 0.161. The second-order valence-corrected chi connectivity index (χ2v) is 3.57. The molecule has 2 heteroatoms. The second-order valence-electron chi connectivity index (χ2n) is 3.57. The van der Waals surface area contributed by atoms with Crippen LogP contribution in [0.15, 0.2) is 0 Å². The van der Waals surface area contributed by atoms with Crippen LogP contribution in [0.5, 0.6) is 0 Å². The maximum atomic E-state index is 11.3. The van der Waals surface area contributed by atoms with Gasteiger partial charge in [-0.3, -0.25) is 4.79 Å². The Morgan fingerprint density at radius 1 is 1.25 bits per heavy atom. The van der Waals surface area contributed by atoms with E-state index in [1.165, 1.54) is 0 Å². The van der Waals surface area contributed by atoms with Crippen molar-refractivity contribution in [2.24, 2.45) is 11.8 Å². The van der Waals surface area contributed by atoms with Gasteiger partial charge < -0.3 is 5.32 Å². The third-order valence-corrected chi connectivity index (χ3v) is 2.38. The van der Waals surface area contributed by atoms with Gasteiger partial charge in [-0.05, 0) is 12.3 Å². The summed E-state index contributed by atoms with van der Waals surface area (Å²) in [5.74, 6) is 0.949. The zero-order valence-electron chi connectivity index (χ0n) is 8.68. The van der Waals surface area contributed by atoms with Crippen LogP contribution in [0.2, 0.25) is 0 Å². The molecule has 0 aliphatic rings. The summed E-state index contributed by atoms with van der Waals surface area (Å²) in [6, 6.07) is 0. The minimum Gasteiger partial charge on any atom is -0.356 e. The average Bonchev–Trinajstić information content (AvgIpc) is 2.11. The number of hydrogen-bond donors (Lipinski definition) is 1. The maximum absolute atomic E-state index is 11.3. The molecule has 0 aromatic rings. The first-order valence-corrected chi connectivity index (χ1v) is 4.89. The first kappa shape index (κ1) is 11.5. The molecule has 12 heavy (non-hydrogen) atoms. The quantitative estimate of drug-likeness (QED) is 0.675. The van der Waals surface area contributed by atoms with Gasteiger partial charge in [0.15, 0.2) is 0 Å². The van der Waals surface area contributed by atoms with Crippen LogP contribution >= 0.6 is 0 Å². The SMILES string of the molecule is CCC(C)CNC(=O)C(C)CC.